The van der Waals surface area contributed by atoms with E-state index in [-0.39, 0.29) is 16.8 Å². The van der Waals surface area contributed by atoms with Crippen LogP contribution in [0, 0.1) is 0 Å². The van der Waals surface area contributed by atoms with Gasteiger partial charge in [0.2, 0.25) is 0 Å². The SMILES string of the molecule is CNCc1cncn1C(F)(F)F. The third-order valence-corrected chi connectivity index (χ3v) is 1.35. The zero-order valence-corrected chi connectivity index (χ0v) is 6.39. The van der Waals surface area contributed by atoms with Gasteiger partial charge in [-0.2, -0.15) is 0 Å². The van der Waals surface area contributed by atoms with Crippen molar-refractivity contribution in [3.05, 3.63) is 18.2 Å². The highest BCUT2D eigenvalue weighted by molar-refractivity contribution is 4.98. The fourth-order valence-electron chi connectivity index (χ4n) is 0.863. The van der Waals surface area contributed by atoms with Gasteiger partial charge >= 0.3 is 6.30 Å². The molecule has 0 radical (unpaired) electrons. The summed E-state index contributed by atoms with van der Waals surface area (Å²) in [6.45, 7) is 0.152. The largest absolute Gasteiger partial charge is 0.489 e. The topological polar surface area (TPSA) is 29.9 Å². The highest BCUT2D eigenvalue weighted by atomic mass is 19.4. The van der Waals surface area contributed by atoms with Gasteiger partial charge in [-0.15, -0.1) is 13.2 Å². The number of nitrogens with one attached hydrogen (secondary N) is 1. The van der Waals surface area contributed by atoms with Crippen LogP contribution in [0.15, 0.2) is 12.5 Å². The summed E-state index contributed by atoms with van der Waals surface area (Å²) in [6.07, 6.45) is -2.43. The molecule has 0 aromatic carbocycles. The van der Waals surface area contributed by atoms with Crippen LogP contribution < -0.4 is 5.32 Å². The van der Waals surface area contributed by atoms with Crippen molar-refractivity contribution in [2.24, 2.45) is 0 Å². The molecule has 0 saturated carbocycles. The highest BCUT2D eigenvalue weighted by Crippen LogP contribution is 2.23. The number of rotatable bonds is 2. The van der Waals surface area contributed by atoms with Crippen molar-refractivity contribution in [3.8, 4) is 0 Å². The van der Waals surface area contributed by atoms with Crippen LogP contribution in [0.1, 0.15) is 5.69 Å². The molecule has 0 amide bonds. The highest BCUT2D eigenvalue weighted by Gasteiger charge is 2.32. The lowest BCUT2D eigenvalue weighted by molar-refractivity contribution is -0.205. The summed E-state index contributed by atoms with van der Waals surface area (Å²) < 4.78 is 36.5. The maximum atomic E-state index is 12.1. The predicted octanol–water partition coefficient (Wildman–Crippen LogP) is 1.08. The lowest BCUT2D eigenvalue weighted by Crippen LogP contribution is -2.20. The molecular formula is C6H8F3N3. The second-order valence-electron chi connectivity index (χ2n) is 2.25. The molecule has 3 nitrogen and oxygen atoms in total. The van der Waals surface area contributed by atoms with Crippen molar-refractivity contribution in [1.82, 2.24) is 14.9 Å². The third-order valence-electron chi connectivity index (χ3n) is 1.35. The molecule has 0 atom stereocenters. The van der Waals surface area contributed by atoms with Crippen LogP contribution in [0.3, 0.4) is 0 Å². The van der Waals surface area contributed by atoms with Crippen LogP contribution in [0.25, 0.3) is 0 Å². The number of hydrogen-bond donors (Lipinski definition) is 1. The maximum Gasteiger partial charge on any atom is 0.489 e. The smallest absolute Gasteiger partial charge is 0.314 e. The van der Waals surface area contributed by atoms with Gasteiger partial charge in [-0.25, -0.2) is 9.55 Å². The lowest BCUT2D eigenvalue weighted by Gasteiger charge is -2.10. The van der Waals surface area contributed by atoms with Crippen molar-refractivity contribution in [3.63, 3.8) is 0 Å². The Bertz CT molecular complexity index is 253. The molecule has 6 heteroatoms. The van der Waals surface area contributed by atoms with Crippen LogP contribution in [-0.4, -0.2) is 16.6 Å². The van der Waals surface area contributed by atoms with Gasteiger partial charge in [0.15, 0.2) is 0 Å². The summed E-state index contributed by atoms with van der Waals surface area (Å²) >= 11 is 0. The minimum atomic E-state index is -4.37. The molecule has 1 N–H and O–H groups in total. The van der Waals surface area contributed by atoms with Crippen molar-refractivity contribution in [2.45, 2.75) is 12.8 Å². The molecule has 1 heterocycles. The summed E-state index contributed by atoms with van der Waals surface area (Å²) in [5.74, 6) is 0. The van der Waals surface area contributed by atoms with Gasteiger partial charge in [-0.1, -0.05) is 0 Å². The van der Waals surface area contributed by atoms with Gasteiger partial charge in [-0.3, -0.25) is 0 Å². The van der Waals surface area contributed by atoms with Gasteiger partial charge in [0, 0.05) is 12.7 Å². The average Bonchev–Trinajstić information content (AvgIpc) is 2.34. The lowest BCUT2D eigenvalue weighted by atomic mass is 10.4. The second kappa shape index (κ2) is 3.14. The Morgan fingerprint density at radius 2 is 2.25 bits per heavy atom. The zero-order chi connectivity index (χ0) is 9.19. The van der Waals surface area contributed by atoms with E-state index in [0.717, 1.165) is 6.33 Å². The normalized spacial score (nSPS) is 12.0. The predicted molar refractivity (Wildman–Crippen MR) is 36.3 cm³/mol. The number of hydrogen-bond acceptors (Lipinski definition) is 2. The summed E-state index contributed by atoms with van der Waals surface area (Å²) in [5.41, 5.74) is 0.102. The first-order valence-corrected chi connectivity index (χ1v) is 3.28. The number of nitrogens with zero attached hydrogens (tertiary/aromatic N) is 2. The van der Waals surface area contributed by atoms with Gasteiger partial charge in [0.25, 0.3) is 0 Å². The Balaban J connectivity index is 2.91. The molecule has 0 bridgehead atoms. The average molecular weight is 179 g/mol. The van der Waals surface area contributed by atoms with E-state index >= 15 is 0 Å². The Labute approximate surface area is 67.2 Å². The number of aromatic nitrogens is 2. The molecule has 1 aromatic heterocycles. The van der Waals surface area contributed by atoms with E-state index in [0.29, 0.717) is 0 Å². The van der Waals surface area contributed by atoms with Crippen molar-refractivity contribution < 1.29 is 13.2 Å². The van der Waals surface area contributed by atoms with Crippen LogP contribution in [0.2, 0.25) is 0 Å². The summed E-state index contributed by atoms with van der Waals surface area (Å²) in [5, 5.41) is 2.62. The van der Waals surface area contributed by atoms with E-state index in [4.69, 9.17) is 0 Å². The molecular weight excluding hydrogens is 171 g/mol. The van der Waals surface area contributed by atoms with E-state index < -0.39 is 6.30 Å². The first-order chi connectivity index (χ1) is 5.55. The molecule has 0 fully saturated rings. The van der Waals surface area contributed by atoms with Crippen LogP contribution in [0.5, 0.6) is 0 Å². The van der Waals surface area contributed by atoms with E-state index in [9.17, 15) is 13.2 Å². The van der Waals surface area contributed by atoms with Crippen LogP contribution >= 0.6 is 0 Å². The van der Waals surface area contributed by atoms with E-state index in [1.54, 1.807) is 7.05 Å². The third kappa shape index (κ3) is 1.76. The van der Waals surface area contributed by atoms with Gasteiger partial charge in [0.1, 0.15) is 6.33 Å². The zero-order valence-electron chi connectivity index (χ0n) is 6.39. The first kappa shape index (κ1) is 9.05. The fourth-order valence-corrected chi connectivity index (χ4v) is 0.863. The minimum Gasteiger partial charge on any atom is -0.314 e. The van der Waals surface area contributed by atoms with Gasteiger partial charge in [-0.05, 0) is 7.05 Å². The molecule has 0 aliphatic heterocycles. The monoisotopic (exact) mass is 179 g/mol. The van der Waals surface area contributed by atoms with Crippen molar-refractivity contribution in [1.29, 1.82) is 0 Å². The second-order valence-corrected chi connectivity index (χ2v) is 2.25. The van der Waals surface area contributed by atoms with Crippen LogP contribution in [-0.2, 0) is 12.8 Å². The Morgan fingerprint density at radius 3 is 2.75 bits per heavy atom. The van der Waals surface area contributed by atoms with E-state index in [2.05, 4.69) is 10.3 Å². The molecule has 68 valence electrons. The van der Waals surface area contributed by atoms with Gasteiger partial charge in [0.05, 0.1) is 5.69 Å². The molecule has 0 unspecified atom stereocenters. The Hall–Kier alpha value is -1.04. The summed E-state index contributed by atoms with van der Waals surface area (Å²) in [7, 11) is 1.58. The number of halogens is 3. The Kier molecular flexibility index (Phi) is 2.37. The molecule has 0 aliphatic rings. The van der Waals surface area contributed by atoms with Crippen LogP contribution in [0.4, 0.5) is 13.2 Å². The van der Waals surface area contributed by atoms with E-state index in [1.807, 2.05) is 0 Å². The standard InChI is InChI=1S/C6H8F3N3/c1-10-2-5-3-11-4-12(5)6(7,8)9/h3-4,10H,2H2,1H3. The molecule has 1 aromatic rings. The molecule has 1 rings (SSSR count). The maximum absolute atomic E-state index is 12.1. The quantitative estimate of drug-likeness (QED) is 0.736. The fraction of sp³-hybridized carbons (Fsp3) is 0.500. The molecule has 0 aliphatic carbocycles. The first-order valence-electron chi connectivity index (χ1n) is 3.28. The summed E-state index contributed by atoms with van der Waals surface area (Å²) in [6, 6.07) is 0. The Morgan fingerprint density at radius 1 is 1.58 bits per heavy atom. The molecule has 12 heavy (non-hydrogen) atoms. The minimum absolute atomic E-state index is 0.102. The number of alkyl halides is 3. The van der Waals surface area contributed by atoms with Crippen molar-refractivity contribution in [2.75, 3.05) is 7.05 Å². The molecule has 0 saturated heterocycles. The number of imidazole rings is 1. The molecule has 0 spiro atoms. The van der Waals surface area contributed by atoms with Crippen molar-refractivity contribution >= 4 is 0 Å². The van der Waals surface area contributed by atoms with Gasteiger partial charge < -0.3 is 5.32 Å². The summed E-state index contributed by atoms with van der Waals surface area (Å²) in [4.78, 5) is 3.41. The van der Waals surface area contributed by atoms with E-state index in [1.165, 1.54) is 6.20 Å².